The third-order valence-electron chi connectivity index (χ3n) is 4.50. The standard InChI is InChI=1S/C16H22N2O4S/c1-2-22-16(19)15-8-5-11-18(15)23(20,21)17-14-10-9-12-6-3-4-7-13(12)14/h3-4,6-7,14-15,17H,2,5,8-11H2,1H3/t14-,15-/m1/s1. The Morgan fingerprint density at radius 1 is 1.35 bits per heavy atom. The summed E-state index contributed by atoms with van der Waals surface area (Å²) in [4.78, 5) is 12.0. The van der Waals surface area contributed by atoms with Gasteiger partial charge in [0.05, 0.1) is 6.61 Å². The monoisotopic (exact) mass is 338 g/mol. The molecule has 2 aliphatic rings. The number of hydrogen-bond donors (Lipinski definition) is 1. The van der Waals surface area contributed by atoms with Crippen LogP contribution in [0.2, 0.25) is 0 Å². The summed E-state index contributed by atoms with van der Waals surface area (Å²) < 4.78 is 34.5. The van der Waals surface area contributed by atoms with Crippen molar-refractivity contribution in [2.24, 2.45) is 0 Å². The highest BCUT2D eigenvalue weighted by molar-refractivity contribution is 7.87. The maximum Gasteiger partial charge on any atom is 0.324 e. The number of carbonyl (C=O) groups excluding carboxylic acids is 1. The van der Waals surface area contributed by atoms with Gasteiger partial charge in [0.15, 0.2) is 0 Å². The lowest BCUT2D eigenvalue weighted by Gasteiger charge is -2.25. The summed E-state index contributed by atoms with van der Waals surface area (Å²) in [5, 5.41) is 0. The van der Waals surface area contributed by atoms with Crippen LogP contribution in [-0.4, -0.2) is 37.9 Å². The SMILES string of the molecule is CCOC(=O)[C@H]1CCCN1S(=O)(=O)N[C@@H]1CCc2ccccc21. The van der Waals surface area contributed by atoms with E-state index in [4.69, 9.17) is 4.74 Å². The van der Waals surface area contributed by atoms with E-state index in [9.17, 15) is 13.2 Å². The number of esters is 1. The molecule has 1 aromatic rings. The van der Waals surface area contributed by atoms with E-state index in [0.29, 0.717) is 19.4 Å². The summed E-state index contributed by atoms with van der Waals surface area (Å²) in [5.41, 5.74) is 2.21. The number of fused-ring (bicyclic) bond motifs is 1. The number of rotatable bonds is 5. The third kappa shape index (κ3) is 3.27. The zero-order valence-corrected chi connectivity index (χ0v) is 14.0. The Labute approximate surface area is 137 Å². The van der Waals surface area contributed by atoms with E-state index in [-0.39, 0.29) is 12.6 Å². The van der Waals surface area contributed by atoms with E-state index in [1.807, 2.05) is 24.3 Å². The number of nitrogens with zero attached hydrogens (tertiary/aromatic N) is 1. The van der Waals surface area contributed by atoms with Gasteiger partial charge in [-0.05, 0) is 43.7 Å². The van der Waals surface area contributed by atoms with Gasteiger partial charge < -0.3 is 4.74 Å². The average molecular weight is 338 g/mol. The molecule has 0 spiro atoms. The number of carbonyl (C=O) groups is 1. The molecular weight excluding hydrogens is 316 g/mol. The quantitative estimate of drug-likeness (QED) is 0.826. The number of nitrogens with one attached hydrogen (secondary N) is 1. The summed E-state index contributed by atoms with van der Waals surface area (Å²) in [6.07, 6.45) is 2.80. The fourth-order valence-electron chi connectivity index (χ4n) is 3.43. The maximum absolute atomic E-state index is 12.7. The molecule has 1 N–H and O–H groups in total. The highest BCUT2D eigenvalue weighted by Gasteiger charge is 2.41. The number of aryl methyl sites for hydroxylation is 1. The first-order valence-corrected chi connectivity index (χ1v) is 9.50. The Bertz CT molecular complexity index is 689. The van der Waals surface area contributed by atoms with Crippen LogP contribution in [0.5, 0.6) is 0 Å². The molecule has 6 nitrogen and oxygen atoms in total. The molecule has 2 atom stereocenters. The van der Waals surface area contributed by atoms with E-state index >= 15 is 0 Å². The van der Waals surface area contributed by atoms with Crippen molar-refractivity contribution in [2.45, 2.75) is 44.7 Å². The number of benzene rings is 1. The molecule has 0 amide bonds. The van der Waals surface area contributed by atoms with Crippen molar-refractivity contribution in [3.63, 3.8) is 0 Å². The van der Waals surface area contributed by atoms with Gasteiger partial charge in [-0.1, -0.05) is 24.3 Å². The topological polar surface area (TPSA) is 75.7 Å². The van der Waals surface area contributed by atoms with E-state index in [1.165, 1.54) is 9.87 Å². The van der Waals surface area contributed by atoms with E-state index < -0.39 is 22.2 Å². The van der Waals surface area contributed by atoms with Crippen molar-refractivity contribution in [1.29, 1.82) is 0 Å². The summed E-state index contributed by atoms with van der Waals surface area (Å²) in [5.74, 6) is -0.456. The third-order valence-corrected chi connectivity index (χ3v) is 6.13. The van der Waals surface area contributed by atoms with Crippen LogP contribution in [0, 0.1) is 0 Å². The number of ether oxygens (including phenoxy) is 1. The molecule has 3 rings (SSSR count). The van der Waals surface area contributed by atoms with Gasteiger partial charge in [0.2, 0.25) is 0 Å². The molecular formula is C16H22N2O4S. The van der Waals surface area contributed by atoms with Crippen LogP contribution in [0.3, 0.4) is 0 Å². The summed E-state index contributed by atoms with van der Waals surface area (Å²) in [6.45, 7) is 2.33. The van der Waals surface area contributed by atoms with Gasteiger partial charge >= 0.3 is 5.97 Å². The van der Waals surface area contributed by atoms with E-state index in [1.54, 1.807) is 6.92 Å². The molecule has 1 fully saturated rings. The molecule has 1 aromatic carbocycles. The molecule has 126 valence electrons. The summed E-state index contributed by atoms with van der Waals surface area (Å²) >= 11 is 0. The molecule has 0 unspecified atom stereocenters. The molecule has 0 bridgehead atoms. The molecule has 0 aromatic heterocycles. The Morgan fingerprint density at radius 3 is 2.91 bits per heavy atom. The molecule has 1 aliphatic heterocycles. The molecule has 1 heterocycles. The van der Waals surface area contributed by atoms with Crippen LogP contribution in [0.1, 0.15) is 43.4 Å². The predicted molar refractivity (Wildman–Crippen MR) is 85.9 cm³/mol. The van der Waals surface area contributed by atoms with Crippen LogP contribution in [0.4, 0.5) is 0 Å². The van der Waals surface area contributed by atoms with Crippen LogP contribution in [-0.2, 0) is 26.2 Å². The lowest BCUT2D eigenvalue weighted by molar-refractivity contribution is -0.146. The van der Waals surface area contributed by atoms with Crippen LogP contribution in [0.25, 0.3) is 0 Å². The fourth-order valence-corrected chi connectivity index (χ4v) is 5.06. The smallest absolute Gasteiger partial charge is 0.324 e. The van der Waals surface area contributed by atoms with Crippen molar-refractivity contribution in [3.8, 4) is 0 Å². The first-order valence-electron chi connectivity index (χ1n) is 8.06. The van der Waals surface area contributed by atoms with Gasteiger partial charge in [0.25, 0.3) is 10.2 Å². The fraction of sp³-hybridized carbons (Fsp3) is 0.562. The minimum atomic E-state index is -3.72. The van der Waals surface area contributed by atoms with Crippen LogP contribution in [0.15, 0.2) is 24.3 Å². The molecule has 7 heteroatoms. The molecule has 1 saturated heterocycles. The van der Waals surface area contributed by atoms with Crippen molar-refractivity contribution in [3.05, 3.63) is 35.4 Å². The van der Waals surface area contributed by atoms with E-state index in [0.717, 1.165) is 18.4 Å². The summed E-state index contributed by atoms with van der Waals surface area (Å²) in [7, 11) is -3.72. The van der Waals surface area contributed by atoms with Gasteiger partial charge in [-0.15, -0.1) is 0 Å². The zero-order valence-electron chi connectivity index (χ0n) is 13.2. The lowest BCUT2D eigenvalue weighted by Crippen LogP contribution is -2.47. The lowest BCUT2D eigenvalue weighted by atomic mass is 10.1. The minimum Gasteiger partial charge on any atom is -0.465 e. The van der Waals surface area contributed by atoms with Gasteiger partial charge in [-0.2, -0.15) is 17.4 Å². The van der Waals surface area contributed by atoms with Gasteiger partial charge in [-0.25, -0.2) is 0 Å². The Hall–Kier alpha value is -1.44. The highest BCUT2D eigenvalue weighted by Crippen LogP contribution is 2.32. The maximum atomic E-state index is 12.7. The van der Waals surface area contributed by atoms with Crippen molar-refractivity contribution in [2.75, 3.05) is 13.2 Å². The molecule has 23 heavy (non-hydrogen) atoms. The largest absolute Gasteiger partial charge is 0.465 e. The number of hydrogen-bond acceptors (Lipinski definition) is 4. The van der Waals surface area contributed by atoms with Crippen molar-refractivity contribution >= 4 is 16.2 Å². The minimum absolute atomic E-state index is 0.223. The zero-order chi connectivity index (χ0) is 16.4. The van der Waals surface area contributed by atoms with Gasteiger partial charge in [0.1, 0.15) is 6.04 Å². The second-order valence-corrected chi connectivity index (χ2v) is 7.59. The van der Waals surface area contributed by atoms with Crippen molar-refractivity contribution < 1.29 is 17.9 Å². The second-order valence-electron chi connectivity index (χ2n) is 5.93. The van der Waals surface area contributed by atoms with Crippen molar-refractivity contribution in [1.82, 2.24) is 9.03 Å². The Balaban J connectivity index is 1.76. The first-order chi connectivity index (χ1) is 11.0. The Kier molecular flexibility index (Phi) is 4.70. The Morgan fingerprint density at radius 2 is 2.13 bits per heavy atom. The molecule has 1 aliphatic carbocycles. The van der Waals surface area contributed by atoms with E-state index in [2.05, 4.69) is 4.72 Å². The molecule has 0 radical (unpaired) electrons. The first kappa shape index (κ1) is 16.4. The normalized spacial score (nSPS) is 24.6. The second kappa shape index (κ2) is 6.59. The predicted octanol–water partition coefficient (Wildman–Crippen LogP) is 1.54. The summed E-state index contributed by atoms with van der Waals surface area (Å²) in [6, 6.07) is 6.95. The van der Waals surface area contributed by atoms with Gasteiger partial charge in [0, 0.05) is 12.6 Å². The van der Waals surface area contributed by atoms with Crippen LogP contribution < -0.4 is 4.72 Å². The van der Waals surface area contributed by atoms with Gasteiger partial charge in [-0.3, -0.25) is 4.79 Å². The molecule has 0 saturated carbocycles. The van der Waals surface area contributed by atoms with Crippen LogP contribution >= 0.6 is 0 Å². The highest BCUT2D eigenvalue weighted by atomic mass is 32.2. The average Bonchev–Trinajstić information content (AvgIpc) is 3.15.